The largest absolute Gasteiger partial charge is 0.382 e. The van der Waals surface area contributed by atoms with Crippen molar-refractivity contribution in [2.45, 2.75) is 19.9 Å². The van der Waals surface area contributed by atoms with Crippen LogP contribution in [-0.4, -0.2) is 35.7 Å². The van der Waals surface area contributed by atoms with E-state index in [9.17, 15) is 9.59 Å². The molecule has 12 heteroatoms. The fourth-order valence-electron chi connectivity index (χ4n) is 4.45. The van der Waals surface area contributed by atoms with Crippen molar-refractivity contribution in [1.29, 1.82) is 0 Å². The van der Waals surface area contributed by atoms with E-state index in [2.05, 4.69) is 37.4 Å². The van der Waals surface area contributed by atoms with E-state index >= 15 is 0 Å². The van der Waals surface area contributed by atoms with Crippen molar-refractivity contribution >= 4 is 39.6 Å². The molecule has 0 saturated heterocycles. The Morgan fingerprint density at radius 3 is 2.73 bits per heavy atom. The van der Waals surface area contributed by atoms with Gasteiger partial charge in [0.25, 0.3) is 11.5 Å². The number of nitrogens with zero attached hydrogens (tertiary/aromatic N) is 6. The van der Waals surface area contributed by atoms with Crippen LogP contribution in [0.4, 0.5) is 5.82 Å². The number of aromatic nitrogens is 7. The predicted molar refractivity (Wildman–Crippen MR) is 150 cm³/mol. The third-order valence-electron chi connectivity index (χ3n) is 6.21. The van der Waals surface area contributed by atoms with Gasteiger partial charge in [0, 0.05) is 11.6 Å². The molecular formula is C28H22N9O2S+. The van der Waals surface area contributed by atoms with Crippen LogP contribution in [0, 0.1) is 18.8 Å². The molecule has 1 amide bonds. The van der Waals surface area contributed by atoms with Crippen LogP contribution in [-0.2, 0) is 0 Å². The highest BCUT2D eigenvalue weighted by atomic mass is 32.1. The number of benzene rings is 2. The Balaban J connectivity index is 1.48. The molecule has 0 spiro atoms. The summed E-state index contributed by atoms with van der Waals surface area (Å²) in [6, 6.07) is 15.5. The van der Waals surface area contributed by atoms with Gasteiger partial charge in [0.05, 0.1) is 22.6 Å². The highest BCUT2D eigenvalue weighted by Crippen LogP contribution is 2.21. The molecule has 196 valence electrons. The monoisotopic (exact) mass is 548 g/mol. The van der Waals surface area contributed by atoms with Crippen molar-refractivity contribution in [1.82, 2.24) is 35.1 Å². The first-order chi connectivity index (χ1) is 19.4. The summed E-state index contributed by atoms with van der Waals surface area (Å²) < 4.78 is 3.06. The smallest absolute Gasteiger partial charge is 0.362 e. The number of para-hydroxylation sites is 1. The molecule has 0 saturated carbocycles. The molecule has 40 heavy (non-hydrogen) atoms. The maximum absolute atomic E-state index is 14.1. The molecule has 6 aromatic rings. The van der Waals surface area contributed by atoms with Crippen LogP contribution in [0.3, 0.4) is 0 Å². The van der Waals surface area contributed by atoms with E-state index in [4.69, 9.17) is 10.7 Å². The van der Waals surface area contributed by atoms with Crippen LogP contribution in [0.25, 0.3) is 22.2 Å². The standard InChI is InChI=1S/C28H21N9O2S/c1-16(31-27(38)23-24(29)35-36-15-7-14-30-26(23)36)25-32-20-11-6-8-18(12-13-21-34-33-17(2)40-21)22(20)28(39)37(25)19-9-4-3-5-10-19/h3-11,14-16H,1-2H3,(H3,29,31,35,38)/p+1. The molecule has 4 N–H and O–H groups in total. The van der Waals surface area contributed by atoms with Crippen LogP contribution >= 0.6 is 11.3 Å². The van der Waals surface area contributed by atoms with Crippen LogP contribution in [0.15, 0.2) is 71.8 Å². The summed E-state index contributed by atoms with van der Waals surface area (Å²) in [5.41, 5.74) is 7.95. The molecule has 0 aliphatic heterocycles. The van der Waals surface area contributed by atoms with E-state index in [1.165, 1.54) is 15.9 Å². The number of aromatic amines is 1. The van der Waals surface area contributed by atoms with E-state index < -0.39 is 11.9 Å². The minimum atomic E-state index is -0.679. The SMILES string of the molecule is Cc1nnc(C#Cc2cccc3nc(C(C)NC(=O)c4c(N)[nH][n+]5cccnc45)n(-c4ccccc4)c(=O)c23)s1. The van der Waals surface area contributed by atoms with Gasteiger partial charge in [-0.15, -0.1) is 14.7 Å². The molecule has 4 aromatic heterocycles. The number of nitrogens with one attached hydrogen (secondary N) is 2. The Morgan fingerprint density at radius 1 is 1.12 bits per heavy atom. The molecule has 6 rings (SSSR count). The van der Waals surface area contributed by atoms with Gasteiger partial charge in [0.1, 0.15) is 23.2 Å². The first-order valence-electron chi connectivity index (χ1n) is 12.3. The van der Waals surface area contributed by atoms with Gasteiger partial charge in [-0.1, -0.05) is 41.5 Å². The second-order valence-electron chi connectivity index (χ2n) is 8.93. The molecule has 0 aliphatic carbocycles. The molecule has 11 nitrogen and oxygen atoms in total. The number of rotatable bonds is 4. The molecule has 1 atom stereocenters. The van der Waals surface area contributed by atoms with Crippen LogP contribution in [0.1, 0.15) is 44.7 Å². The number of carbonyl (C=O) groups is 1. The zero-order valence-corrected chi connectivity index (χ0v) is 22.2. The Labute approximate surface area is 231 Å². The summed E-state index contributed by atoms with van der Waals surface area (Å²) in [6.45, 7) is 3.62. The van der Waals surface area contributed by atoms with Crippen molar-refractivity contribution in [3.05, 3.63) is 104 Å². The quantitative estimate of drug-likeness (QED) is 0.226. The number of amides is 1. The normalized spacial score (nSPS) is 11.8. The van der Waals surface area contributed by atoms with Crippen molar-refractivity contribution in [2.75, 3.05) is 5.73 Å². The maximum atomic E-state index is 14.1. The first-order valence-corrected chi connectivity index (χ1v) is 13.1. The number of aryl methyl sites for hydroxylation is 1. The van der Waals surface area contributed by atoms with Gasteiger partial charge in [-0.25, -0.2) is 10.1 Å². The molecule has 1 unspecified atom stereocenters. The zero-order valence-electron chi connectivity index (χ0n) is 21.4. The van der Waals surface area contributed by atoms with Crippen molar-refractivity contribution in [3.63, 3.8) is 0 Å². The van der Waals surface area contributed by atoms with E-state index in [1.807, 2.05) is 37.3 Å². The third-order valence-corrected chi connectivity index (χ3v) is 6.96. The summed E-state index contributed by atoms with van der Waals surface area (Å²) in [6.07, 6.45) is 3.29. The molecule has 0 radical (unpaired) electrons. The number of anilines is 1. The lowest BCUT2D eigenvalue weighted by Crippen LogP contribution is -2.34. The number of H-pyrrole nitrogens is 1. The van der Waals surface area contributed by atoms with E-state index in [1.54, 1.807) is 48.1 Å². The lowest BCUT2D eigenvalue weighted by Gasteiger charge is -2.19. The molecule has 0 bridgehead atoms. The highest BCUT2D eigenvalue weighted by molar-refractivity contribution is 7.11. The Hall–Kier alpha value is -5.41. The minimum absolute atomic E-state index is 0.171. The number of carbonyl (C=O) groups excluding carboxylic acids is 1. The molecule has 0 aliphatic rings. The second kappa shape index (κ2) is 10.0. The summed E-state index contributed by atoms with van der Waals surface area (Å²) in [7, 11) is 0. The first kappa shape index (κ1) is 24.9. The van der Waals surface area contributed by atoms with Crippen LogP contribution in [0.2, 0.25) is 0 Å². The van der Waals surface area contributed by atoms with Gasteiger partial charge >= 0.3 is 5.65 Å². The number of fused-ring (bicyclic) bond motifs is 2. The lowest BCUT2D eigenvalue weighted by atomic mass is 10.1. The van der Waals surface area contributed by atoms with Gasteiger partial charge in [0.2, 0.25) is 0 Å². The average Bonchev–Trinajstić information content (AvgIpc) is 3.53. The topological polar surface area (TPSA) is 149 Å². The number of hydrogen-bond acceptors (Lipinski definition) is 8. The van der Waals surface area contributed by atoms with Crippen LogP contribution < -0.4 is 21.1 Å². The maximum Gasteiger partial charge on any atom is 0.362 e. The molecule has 4 heterocycles. The number of nitrogens with two attached hydrogens (primary N) is 1. The summed E-state index contributed by atoms with van der Waals surface area (Å²) in [5, 5.41) is 15.6. The summed E-state index contributed by atoms with van der Waals surface area (Å²) in [4.78, 5) is 36.6. The zero-order chi connectivity index (χ0) is 27.8. The second-order valence-corrected chi connectivity index (χ2v) is 10.1. The molecular weight excluding hydrogens is 526 g/mol. The average molecular weight is 549 g/mol. The fourth-order valence-corrected chi connectivity index (χ4v) is 4.99. The third kappa shape index (κ3) is 4.44. The van der Waals surface area contributed by atoms with Gasteiger partial charge in [0.15, 0.2) is 16.4 Å². The van der Waals surface area contributed by atoms with E-state index in [-0.39, 0.29) is 16.9 Å². The Morgan fingerprint density at radius 2 is 1.95 bits per heavy atom. The van der Waals surface area contributed by atoms with Gasteiger partial charge < -0.3 is 11.1 Å². The highest BCUT2D eigenvalue weighted by Gasteiger charge is 2.27. The summed E-state index contributed by atoms with van der Waals surface area (Å²) >= 11 is 1.38. The van der Waals surface area contributed by atoms with E-state index in [0.29, 0.717) is 38.6 Å². The van der Waals surface area contributed by atoms with Gasteiger partial charge in [-0.2, -0.15) is 0 Å². The molecule has 2 aromatic carbocycles. The van der Waals surface area contributed by atoms with Crippen LogP contribution in [0.5, 0.6) is 0 Å². The predicted octanol–water partition coefficient (Wildman–Crippen LogP) is 2.48. The number of nitrogen functional groups attached to an aromatic ring is 1. The summed E-state index contributed by atoms with van der Waals surface area (Å²) in [5.74, 6) is 6.13. The minimum Gasteiger partial charge on any atom is -0.382 e. The Bertz CT molecular complexity index is 2030. The Kier molecular flexibility index (Phi) is 6.25. The fraction of sp³-hybridized carbons (Fsp3) is 0.107. The van der Waals surface area contributed by atoms with Crippen molar-refractivity contribution in [3.8, 4) is 17.5 Å². The van der Waals surface area contributed by atoms with Crippen molar-refractivity contribution < 1.29 is 9.31 Å². The lowest BCUT2D eigenvalue weighted by molar-refractivity contribution is -0.577. The van der Waals surface area contributed by atoms with Crippen molar-refractivity contribution in [2.24, 2.45) is 0 Å². The number of hydrogen-bond donors (Lipinski definition) is 3. The molecule has 0 fully saturated rings. The van der Waals surface area contributed by atoms with E-state index in [0.717, 1.165) is 5.01 Å². The van der Waals surface area contributed by atoms with Gasteiger partial charge in [-0.3, -0.25) is 14.2 Å². The van der Waals surface area contributed by atoms with Gasteiger partial charge in [-0.05, 0) is 49.0 Å².